The predicted molar refractivity (Wildman–Crippen MR) is 83.8 cm³/mol. The van der Waals surface area contributed by atoms with Crippen molar-refractivity contribution in [3.8, 4) is 11.9 Å². The van der Waals surface area contributed by atoms with Crippen molar-refractivity contribution in [2.45, 2.75) is 24.9 Å². The number of hydrogen-bond donors (Lipinski definition) is 0. The van der Waals surface area contributed by atoms with E-state index in [4.69, 9.17) is 0 Å². The van der Waals surface area contributed by atoms with E-state index in [-0.39, 0.29) is 6.54 Å². The average Bonchev–Trinajstić information content (AvgIpc) is 3.23. The first-order chi connectivity index (χ1) is 12.1. The van der Waals surface area contributed by atoms with Crippen LogP contribution in [0.4, 0.5) is 0 Å². The van der Waals surface area contributed by atoms with E-state index in [1.807, 2.05) is 0 Å². The van der Waals surface area contributed by atoms with Crippen molar-refractivity contribution in [2.75, 3.05) is 0 Å². The molecule has 3 aromatic heterocycles. The Hall–Kier alpha value is -3.61. The van der Waals surface area contributed by atoms with Gasteiger partial charge < -0.3 is 4.57 Å². The van der Waals surface area contributed by atoms with Gasteiger partial charge in [0, 0.05) is 12.4 Å². The van der Waals surface area contributed by atoms with Crippen LogP contribution in [0.5, 0.6) is 0 Å². The Morgan fingerprint density at radius 2 is 1.84 bits per heavy atom. The summed E-state index contributed by atoms with van der Waals surface area (Å²) < 4.78 is 2.48. The van der Waals surface area contributed by atoms with E-state index >= 15 is 0 Å². The zero-order valence-electron chi connectivity index (χ0n) is 13.0. The summed E-state index contributed by atoms with van der Waals surface area (Å²) in [7, 11) is 0. The molecule has 25 heavy (non-hydrogen) atoms. The summed E-state index contributed by atoms with van der Waals surface area (Å²) in [5, 5.41) is 25.1. The fourth-order valence-corrected chi connectivity index (χ4v) is 2.55. The number of rotatable bonds is 4. The number of nitriles is 1. The SMILES string of the molecule is N#CC1(n2ccn(Cc3ccc(-n4nccn4)nn3)c(=O)c2=O)CC1. The highest BCUT2D eigenvalue weighted by Crippen LogP contribution is 2.41. The van der Waals surface area contributed by atoms with Gasteiger partial charge in [-0.2, -0.15) is 20.6 Å². The molecule has 3 heterocycles. The van der Waals surface area contributed by atoms with Crippen molar-refractivity contribution < 1.29 is 0 Å². The third-order valence-corrected chi connectivity index (χ3v) is 4.11. The minimum absolute atomic E-state index is 0.105. The maximum Gasteiger partial charge on any atom is 0.317 e. The van der Waals surface area contributed by atoms with Gasteiger partial charge >= 0.3 is 11.1 Å². The molecule has 1 fully saturated rings. The van der Waals surface area contributed by atoms with Crippen molar-refractivity contribution in [1.82, 2.24) is 34.3 Å². The lowest BCUT2D eigenvalue weighted by atomic mass is 10.3. The maximum absolute atomic E-state index is 12.3. The molecule has 0 N–H and O–H groups in total. The molecular weight excluding hydrogens is 324 g/mol. The smallest absolute Gasteiger partial charge is 0.303 e. The lowest BCUT2D eigenvalue weighted by Gasteiger charge is -2.11. The summed E-state index contributed by atoms with van der Waals surface area (Å²) in [6.07, 6.45) is 7.19. The highest BCUT2D eigenvalue weighted by atomic mass is 16.2. The standard InChI is InChI=1S/C15H12N8O2/c16-10-15(3-4-15)22-8-7-21(13(24)14(22)25)9-11-1-2-12(20-19-11)23-17-5-6-18-23/h1-2,5-8H,3-4,9H2. The van der Waals surface area contributed by atoms with Crippen molar-refractivity contribution in [1.29, 1.82) is 5.26 Å². The fraction of sp³-hybridized carbons (Fsp3) is 0.267. The first-order valence-electron chi connectivity index (χ1n) is 7.56. The van der Waals surface area contributed by atoms with Crippen molar-refractivity contribution in [2.24, 2.45) is 0 Å². The Morgan fingerprint density at radius 3 is 2.44 bits per heavy atom. The number of nitrogens with zero attached hydrogens (tertiary/aromatic N) is 8. The molecule has 4 rings (SSSR count). The molecule has 0 bridgehead atoms. The molecule has 124 valence electrons. The predicted octanol–water partition coefficient (Wildman–Crippen LogP) is -0.558. The van der Waals surface area contributed by atoms with Gasteiger partial charge in [0.2, 0.25) is 0 Å². The van der Waals surface area contributed by atoms with Crippen LogP contribution in [0.2, 0.25) is 0 Å². The van der Waals surface area contributed by atoms with Gasteiger partial charge in [0.1, 0.15) is 5.54 Å². The minimum atomic E-state index is -0.854. The lowest BCUT2D eigenvalue weighted by molar-refractivity contribution is 0.554. The Morgan fingerprint density at radius 1 is 1.08 bits per heavy atom. The van der Waals surface area contributed by atoms with E-state index in [0.29, 0.717) is 24.4 Å². The Balaban J connectivity index is 1.61. The van der Waals surface area contributed by atoms with Crippen molar-refractivity contribution in [3.05, 3.63) is 63.3 Å². The van der Waals surface area contributed by atoms with Crippen molar-refractivity contribution in [3.63, 3.8) is 0 Å². The maximum atomic E-state index is 12.3. The third-order valence-electron chi connectivity index (χ3n) is 4.11. The summed E-state index contributed by atoms with van der Waals surface area (Å²) in [6, 6.07) is 5.46. The van der Waals surface area contributed by atoms with E-state index in [0.717, 1.165) is 0 Å². The van der Waals surface area contributed by atoms with Gasteiger partial charge in [0.25, 0.3) is 0 Å². The third kappa shape index (κ3) is 2.51. The molecule has 1 aliphatic carbocycles. The second-order valence-electron chi connectivity index (χ2n) is 5.75. The molecule has 0 amide bonds. The first kappa shape index (κ1) is 14.9. The summed E-state index contributed by atoms with van der Waals surface area (Å²) in [5.41, 5.74) is -1.74. The Bertz CT molecular complexity index is 1070. The number of aromatic nitrogens is 7. The zero-order chi connectivity index (χ0) is 17.4. The molecule has 1 aliphatic rings. The van der Waals surface area contributed by atoms with Crippen LogP contribution in [0, 0.1) is 11.3 Å². The van der Waals surface area contributed by atoms with Crippen LogP contribution in [0.15, 0.2) is 46.5 Å². The van der Waals surface area contributed by atoms with E-state index in [1.165, 1.54) is 38.7 Å². The molecule has 0 aromatic carbocycles. The van der Waals surface area contributed by atoms with Crippen LogP contribution < -0.4 is 11.1 Å². The molecular formula is C15H12N8O2. The molecule has 0 unspecified atom stereocenters. The van der Waals surface area contributed by atoms with Crippen LogP contribution in [-0.2, 0) is 12.1 Å². The normalized spacial score (nSPS) is 14.8. The van der Waals surface area contributed by atoms with E-state index in [1.54, 1.807) is 12.1 Å². The molecule has 0 radical (unpaired) electrons. The van der Waals surface area contributed by atoms with Gasteiger partial charge in [-0.25, -0.2) is 0 Å². The minimum Gasteiger partial charge on any atom is -0.303 e. The quantitative estimate of drug-likeness (QED) is 0.585. The highest BCUT2D eigenvalue weighted by molar-refractivity contribution is 5.19. The molecule has 1 saturated carbocycles. The molecule has 0 spiro atoms. The topological polar surface area (TPSA) is 124 Å². The monoisotopic (exact) mass is 336 g/mol. The second kappa shape index (κ2) is 5.48. The summed E-state index contributed by atoms with van der Waals surface area (Å²) in [4.78, 5) is 25.9. The molecule has 0 atom stereocenters. The summed E-state index contributed by atoms with van der Waals surface area (Å²) in [6.45, 7) is 0.105. The van der Waals surface area contributed by atoms with Crippen LogP contribution in [0.3, 0.4) is 0 Å². The van der Waals surface area contributed by atoms with Gasteiger partial charge in [-0.3, -0.25) is 14.2 Å². The molecule has 0 aliphatic heterocycles. The number of hydrogen-bond acceptors (Lipinski definition) is 7. The van der Waals surface area contributed by atoms with E-state index < -0.39 is 16.7 Å². The summed E-state index contributed by atoms with van der Waals surface area (Å²) >= 11 is 0. The molecule has 0 saturated heterocycles. The van der Waals surface area contributed by atoms with E-state index in [9.17, 15) is 14.9 Å². The van der Waals surface area contributed by atoms with Crippen LogP contribution in [0.25, 0.3) is 5.82 Å². The second-order valence-corrected chi connectivity index (χ2v) is 5.75. The van der Waals surface area contributed by atoms with Gasteiger partial charge in [0.05, 0.1) is 30.7 Å². The Kier molecular flexibility index (Phi) is 3.28. The molecule has 3 aromatic rings. The van der Waals surface area contributed by atoms with Gasteiger partial charge in [-0.05, 0) is 25.0 Å². The Labute approximate surface area is 140 Å². The molecule has 10 nitrogen and oxygen atoms in total. The van der Waals surface area contributed by atoms with Crippen LogP contribution >= 0.6 is 0 Å². The fourth-order valence-electron chi connectivity index (χ4n) is 2.55. The largest absolute Gasteiger partial charge is 0.317 e. The zero-order valence-corrected chi connectivity index (χ0v) is 13.0. The van der Waals surface area contributed by atoms with Gasteiger partial charge in [-0.15, -0.1) is 9.90 Å². The van der Waals surface area contributed by atoms with Crippen LogP contribution in [-0.4, -0.2) is 34.3 Å². The summed E-state index contributed by atoms with van der Waals surface area (Å²) in [5.74, 6) is 0.446. The van der Waals surface area contributed by atoms with Gasteiger partial charge in [-0.1, -0.05) is 0 Å². The van der Waals surface area contributed by atoms with E-state index in [2.05, 4.69) is 26.5 Å². The first-order valence-corrected chi connectivity index (χ1v) is 7.56. The lowest BCUT2D eigenvalue weighted by Crippen LogP contribution is -2.44. The highest BCUT2D eigenvalue weighted by Gasteiger charge is 2.46. The van der Waals surface area contributed by atoms with Crippen LogP contribution in [0.1, 0.15) is 18.5 Å². The van der Waals surface area contributed by atoms with Crippen molar-refractivity contribution >= 4 is 0 Å². The van der Waals surface area contributed by atoms with Gasteiger partial charge in [0.15, 0.2) is 5.82 Å². The average molecular weight is 336 g/mol. The molecule has 10 heteroatoms.